The van der Waals surface area contributed by atoms with E-state index in [0.29, 0.717) is 6.54 Å². The number of Topliss-reactive ketones (excluding diaryl/α,β-unsaturated/α-hetero) is 1. The molecule has 1 aliphatic heterocycles. The van der Waals surface area contributed by atoms with Crippen molar-refractivity contribution in [2.45, 2.75) is 100.0 Å². The molecule has 0 aromatic carbocycles. The lowest BCUT2D eigenvalue weighted by molar-refractivity contribution is -0.183. The van der Waals surface area contributed by atoms with Gasteiger partial charge in [-0.3, -0.25) is 9.59 Å². The number of hydrogen-bond acceptors (Lipinski definition) is 5. The Hall–Kier alpha value is -2.03. The maximum absolute atomic E-state index is 14.8. The van der Waals surface area contributed by atoms with Crippen molar-refractivity contribution >= 4 is 11.6 Å². The largest absolute Gasteiger partial charge is 0.330 e. The van der Waals surface area contributed by atoms with Crippen LogP contribution in [0.15, 0.2) is 36.0 Å². The fourth-order valence-electron chi connectivity index (χ4n) is 10.7. The fourth-order valence-corrected chi connectivity index (χ4v) is 10.7. The van der Waals surface area contributed by atoms with E-state index in [9.17, 15) is 14.9 Å². The zero-order valence-electron chi connectivity index (χ0n) is 25.5. The summed E-state index contributed by atoms with van der Waals surface area (Å²) in [5, 5.41) is 14.0. The minimum absolute atomic E-state index is 0.00821. The Bertz CT molecular complexity index is 1270. The predicted molar refractivity (Wildman–Crippen MR) is 155 cm³/mol. The van der Waals surface area contributed by atoms with Crippen molar-refractivity contribution in [1.29, 1.82) is 5.26 Å². The third-order valence-electron chi connectivity index (χ3n) is 13.9. The first-order valence-corrected chi connectivity index (χ1v) is 14.9. The topological polar surface area (TPSA) is 96.0 Å². The summed E-state index contributed by atoms with van der Waals surface area (Å²) in [5.41, 5.74) is 4.59. The SMILES string of the molecule is C=C[C@@]12CC[C@]3(C)C(=CC(=O)[C@]4(C)C5NCC(C)(C)CCC5(CN)CC[C@@]34C)[C@@]1(C)C=C(C#N)C(=O)C2(C)C. The van der Waals surface area contributed by atoms with Crippen LogP contribution in [0.4, 0.5) is 0 Å². The van der Waals surface area contributed by atoms with E-state index >= 15 is 0 Å². The van der Waals surface area contributed by atoms with E-state index in [1.807, 2.05) is 32.1 Å². The highest BCUT2D eigenvalue weighted by Gasteiger charge is 2.75. The van der Waals surface area contributed by atoms with E-state index in [4.69, 9.17) is 5.73 Å². The fraction of sp³-hybridized carbons (Fsp3) is 0.735. The number of carbonyl (C=O) groups excluding carboxylic acids is 2. The maximum Gasteiger partial charge on any atom is 0.179 e. The summed E-state index contributed by atoms with van der Waals surface area (Å²) in [6.45, 7) is 23.4. The van der Waals surface area contributed by atoms with Gasteiger partial charge in [0.05, 0.1) is 11.0 Å². The molecule has 7 atom stereocenters. The molecule has 1 saturated heterocycles. The second-order valence-corrected chi connectivity index (χ2v) is 15.8. The molecule has 0 spiro atoms. The van der Waals surface area contributed by atoms with Crippen LogP contribution in [0.1, 0.15) is 93.9 Å². The highest BCUT2D eigenvalue weighted by atomic mass is 16.1. The maximum atomic E-state index is 14.8. The third kappa shape index (κ3) is 2.98. The van der Waals surface area contributed by atoms with Gasteiger partial charge in [0.25, 0.3) is 0 Å². The lowest BCUT2D eigenvalue weighted by Gasteiger charge is -2.73. The number of hydrogen-bond donors (Lipinski definition) is 2. The van der Waals surface area contributed by atoms with Crippen molar-refractivity contribution in [3.63, 3.8) is 0 Å². The van der Waals surface area contributed by atoms with Crippen LogP contribution in [-0.4, -0.2) is 30.7 Å². The van der Waals surface area contributed by atoms with Crippen LogP contribution < -0.4 is 11.1 Å². The van der Waals surface area contributed by atoms with Crippen molar-refractivity contribution < 1.29 is 9.59 Å². The minimum atomic E-state index is -0.814. The summed E-state index contributed by atoms with van der Waals surface area (Å²) in [7, 11) is 0. The molecule has 0 radical (unpaired) electrons. The van der Waals surface area contributed by atoms with Crippen molar-refractivity contribution in [2.24, 2.45) is 49.1 Å². The molecule has 3 N–H and O–H groups in total. The minimum Gasteiger partial charge on any atom is -0.330 e. The Morgan fingerprint density at radius 1 is 1.03 bits per heavy atom. The smallest absolute Gasteiger partial charge is 0.179 e. The Morgan fingerprint density at radius 3 is 2.26 bits per heavy atom. The van der Waals surface area contributed by atoms with Gasteiger partial charge in [-0.2, -0.15) is 5.26 Å². The number of fused-ring (bicyclic) bond motifs is 7. The van der Waals surface area contributed by atoms with Crippen LogP contribution in [0.2, 0.25) is 0 Å². The standard InChI is InChI=1S/C34H49N3O2/c1-10-34-16-12-29(6)23(30(34,7)18-22(19-35)25(39)28(34,4)5)17-24(38)32(9)26-33(20-36,15-13-31(29,32)8)14-11-27(2,3)21-37-26/h10,17-18,26,37H,1,11-16,20-21,36H2,2-9H3/t26?,29-,30-,31+,32-,33?,34+/m1/s1. The summed E-state index contributed by atoms with van der Waals surface area (Å²) in [4.78, 5) is 28.3. The van der Waals surface area contributed by atoms with Gasteiger partial charge in [-0.05, 0) is 78.4 Å². The number of nitrogens with two attached hydrogens (primary N) is 1. The average molecular weight is 532 g/mol. The van der Waals surface area contributed by atoms with Gasteiger partial charge < -0.3 is 11.1 Å². The molecule has 1 heterocycles. The number of nitrogens with one attached hydrogen (secondary N) is 1. The molecule has 5 heteroatoms. The Balaban J connectivity index is 1.77. The highest BCUT2D eigenvalue weighted by molar-refractivity contribution is 6.05. The molecule has 3 fully saturated rings. The van der Waals surface area contributed by atoms with E-state index in [2.05, 4.69) is 59.5 Å². The first kappa shape index (κ1) is 28.5. The van der Waals surface area contributed by atoms with Crippen LogP contribution in [0.3, 0.4) is 0 Å². The predicted octanol–water partition coefficient (Wildman–Crippen LogP) is 6.06. The molecular weight excluding hydrogens is 482 g/mol. The van der Waals surface area contributed by atoms with Crippen LogP contribution >= 0.6 is 0 Å². The molecule has 0 aromatic rings. The molecule has 5 nitrogen and oxygen atoms in total. The number of nitriles is 1. The molecule has 0 aromatic heterocycles. The quantitative estimate of drug-likeness (QED) is 0.422. The zero-order valence-corrected chi connectivity index (χ0v) is 25.5. The van der Waals surface area contributed by atoms with E-state index in [1.165, 1.54) is 0 Å². The lowest BCUT2D eigenvalue weighted by atomic mass is 9.30. The Labute approximate surface area is 235 Å². The molecular formula is C34H49N3O2. The monoisotopic (exact) mass is 531 g/mol. The summed E-state index contributed by atoms with van der Waals surface area (Å²) >= 11 is 0. The third-order valence-corrected chi connectivity index (χ3v) is 13.9. The van der Waals surface area contributed by atoms with E-state index in [-0.39, 0.29) is 44.8 Å². The number of ketones is 2. The highest BCUT2D eigenvalue weighted by Crippen LogP contribution is 2.78. The van der Waals surface area contributed by atoms with E-state index in [0.717, 1.165) is 50.6 Å². The van der Waals surface area contributed by atoms with Crippen LogP contribution in [0.5, 0.6) is 0 Å². The Morgan fingerprint density at radius 2 is 1.67 bits per heavy atom. The van der Waals surface area contributed by atoms with Crippen LogP contribution in [0, 0.1) is 54.7 Å². The molecule has 0 bridgehead atoms. The summed E-state index contributed by atoms with van der Waals surface area (Å²) < 4.78 is 0. The molecule has 212 valence electrons. The zero-order chi connectivity index (χ0) is 29.1. The van der Waals surface area contributed by atoms with E-state index < -0.39 is 21.7 Å². The van der Waals surface area contributed by atoms with Gasteiger partial charge in [-0.1, -0.05) is 67.5 Å². The van der Waals surface area contributed by atoms with Gasteiger partial charge in [0.2, 0.25) is 0 Å². The van der Waals surface area contributed by atoms with Gasteiger partial charge >= 0.3 is 0 Å². The second-order valence-electron chi connectivity index (χ2n) is 15.8. The van der Waals surface area contributed by atoms with Crippen LogP contribution in [-0.2, 0) is 9.59 Å². The Kier molecular flexibility index (Phi) is 5.87. The average Bonchev–Trinajstić information content (AvgIpc) is 3.02. The molecule has 5 aliphatic rings. The van der Waals surface area contributed by atoms with Crippen LogP contribution in [0.25, 0.3) is 0 Å². The summed E-state index contributed by atoms with van der Waals surface area (Å²) in [6.07, 6.45) is 11.5. The number of allylic oxidation sites excluding steroid dienone is 5. The van der Waals surface area contributed by atoms with Crippen molar-refractivity contribution in [3.05, 3.63) is 36.0 Å². The molecule has 4 aliphatic carbocycles. The van der Waals surface area contributed by atoms with Gasteiger partial charge in [0.15, 0.2) is 11.6 Å². The number of nitrogens with zero attached hydrogens (tertiary/aromatic N) is 1. The van der Waals surface area contributed by atoms with Gasteiger partial charge in [-0.25, -0.2) is 0 Å². The summed E-state index contributed by atoms with van der Waals surface area (Å²) in [5.74, 6) is 0.0373. The van der Waals surface area contributed by atoms with E-state index in [1.54, 1.807) is 0 Å². The van der Waals surface area contributed by atoms with Crippen molar-refractivity contribution in [2.75, 3.05) is 13.1 Å². The molecule has 2 unspecified atom stereocenters. The van der Waals surface area contributed by atoms with Gasteiger partial charge in [-0.15, -0.1) is 6.58 Å². The van der Waals surface area contributed by atoms with Gasteiger partial charge in [0, 0.05) is 28.8 Å². The first-order valence-electron chi connectivity index (χ1n) is 14.9. The second kappa shape index (κ2) is 8.04. The van der Waals surface area contributed by atoms with Gasteiger partial charge in [0.1, 0.15) is 6.07 Å². The van der Waals surface area contributed by atoms with Crippen molar-refractivity contribution in [1.82, 2.24) is 5.32 Å². The number of carbonyl (C=O) groups is 2. The first-order chi connectivity index (χ1) is 17.9. The summed E-state index contributed by atoms with van der Waals surface area (Å²) in [6, 6.07) is 2.20. The molecule has 5 rings (SSSR count). The lowest BCUT2D eigenvalue weighted by Crippen LogP contribution is -2.74. The molecule has 0 amide bonds. The molecule has 2 saturated carbocycles. The van der Waals surface area contributed by atoms with Crippen molar-refractivity contribution in [3.8, 4) is 6.07 Å². The number of rotatable bonds is 2. The molecule has 39 heavy (non-hydrogen) atoms. The normalized spacial score (nSPS) is 48.2.